The highest BCUT2D eigenvalue weighted by Crippen LogP contribution is 1.99. The van der Waals surface area contributed by atoms with Crippen molar-refractivity contribution in [3.8, 4) is 0 Å². The molecule has 0 saturated heterocycles. The Kier molecular flexibility index (Phi) is 6.49. The Morgan fingerprint density at radius 2 is 1.87 bits per heavy atom. The number of urea groups is 1. The molecule has 88 valence electrons. The van der Waals surface area contributed by atoms with Gasteiger partial charge in [-0.25, -0.2) is 4.79 Å². The number of carbonyl (C=O) groups is 2. The summed E-state index contributed by atoms with van der Waals surface area (Å²) in [5.74, 6) is -0.978. The van der Waals surface area contributed by atoms with Crippen LogP contribution in [0.15, 0.2) is 0 Å². The molecule has 0 bridgehead atoms. The van der Waals surface area contributed by atoms with E-state index in [0.717, 1.165) is 12.8 Å². The molecule has 0 aliphatic heterocycles. The van der Waals surface area contributed by atoms with Gasteiger partial charge in [-0.2, -0.15) is 0 Å². The zero-order chi connectivity index (χ0) is 11.8. The lowest BCUT2D eigenvalue weighted by Crippen LogP contribution is -2.43. The lowest BCUT2D eigenvalue weighted by atomic mass is 10.3. The van der Waals surface area contributed by atoms with E-state index in [0.29, 0.717) is 13.1 Å². The molecule has 0 aliphatic carbocycles. The minimum Gasteiger partial charge on any atom is -0.480 e. The quantitative estimate of drug-likeness (QED) is 0.726. The molecule has 0 aliphatic rings. The van der Waals surface area contributed by atoms with Gasteiger partial charge in [0, 0.05) is 20.1 Å². The number of aliphatic carboxylic acids is 1. The molecule has 2 amide bonds. The van der Waals surface area contributed by atoms with Crippen LogP contribution in [0.3, 0.4) is 0 Å². The van der Waals surface area contributed by atoms with Crippen molar-refractivity contribution in [2.75, 3.05) is 26.7 Å². The maximum Gasteiger partial charge on any atom is 0.323 e. The number of nitrogens with zero attached hydrogens (tertiary/aromatic N) is 2. The first-order valence-electron chi connectivity index (χ1n) is 5.24. The van der Waals surface area contributed by atoms with Crippen molar-refractivity contribution in [2.45, 2.75) is 26.7 Å². The van der Waals surface area contributed by atoms with Gasteiger partial charge in [-0.3, -0.25) is 4.79 Å². The van der Waals surface area contributed by atoms with E-state index < -0.39 is 5.97 Å². The van der Waals surface area contributed by atoms with Crippen molar-refractivity contribution in [1.29, 1.82) is 0 Å². The number of hydrogen-bond acceptors (Lipinski definition) is 2. The topological polar surface area (TPSA) is 60.9 Å². The average Bonchev–Trinajstić information content (AvgIpc) is 2.21. The van der Waals surface area contributed by atoms with Crippen LogP contribution in [-0.2, 0) is 4.79 Å². The minimum atomic E-state index is -0.978. The Morgan fingerprint density at radius 1 is 1.27 bits per heavy atom. The average molecular weight is 216 g/mol. The van der Waals surface area contributed by atoms with Crippen molar-refractivity contribution >= 4 is 12.0 Å². The van der Waals surface area contributed by atoms with Gasteiger partial charge in [0.25, 0.3) is 0 Å². The molecular formula is C10H20N2O3. The normalized spacial score (nSPS) is 9.80. The molecule has 0 saturated carbocycles. The Labute approximate surface area is 90.7 Å². The first kappa shape index (κ1) is 13.7. The third-order valence-electron chi connectivity index (χ3n) is 2.15. The van der Waals surface area contributed by atoms with Crippen molar-refractivity contribution in [1.82, 2.24) is 9.80 Å². The van der Waals surface area contributed by atoms with Crippen LogP contribution in [0, 0.1) is 0 Å². The maximum absolute atomic E-state index is 11.7. The fraction of sp³-hybridized carbons (Fsp3) is 0.800. The summed E-state index contributed by atoms with van der Waals surface area (Å²) < 4.78 is 0. The van der Waals surface area contributed by atoms with Gasteiger partial charge in [-0.1, -0.05) is 13.3 Å². The van der Waals surface area contributed by atoms with E-state index in [2.05, 4.69) is 0 Å². The number of hydrogen-bond donors (Lipinski definition) is 1. The molecule has 0 unspecified atom stereocenters. The van der Waals surface area contributed by atoms with E-state index in [9.17, 15) is 9.59 Å². The van der Waals surface area contributed by atoms with Gasteiger partial charge in [-0.15, -0.1) is 0 Å². The molecule has 0 aromatic rings. The molecule has 15 heavy (non-hydrogen) atoms. The summed E-state index contributed by atoms with van der Waals surface area (Å²) in [5, 5.41) is 8.61. The number of amides is 2. The number of rotatable bonds is 6. The highest BCUT2D eigenvalue weighted by molar-refractivity contribution is 5.79. The smallest absolute Gasteiger partial charge is 0.323 e. The monoisotopic (exact) mass is 216 g/mol. The van der Waals surface area contributed by atoms with E-state index in [-0.39, 0.29) is 12.6 Å². The minimum absolute atomic E-state index is 0.214. The summed E-state index contributed by atoms with van der Waals surface area (Å²) in [7, 11) is 1.70. The Hall–Kier alpha value is -1.26. The largest absolute Gasteiger partial charge is 0.480 e. The second-order valence-electron chi connectivity index (χ2n) is 3.47. The maximum atomic E-state index is 11.7. The van der Waals surface area contributed by atoms with Gasteiger partial charge < -0.3 is 14.9 Å². The summed E-state index contributed by atoms with van der Waals surface area (Å²) in [6.45, 7) is 4.68. The van der Waals surface area contributed by atoms with E-state index >= 15 is 0 Å². The first-order chi connectivity index (χ1) is 7.02. The molecule has 0 spiro atoms. The number of unbranched alkanes of at least 4 members (excludes halogenated alkanes) is 1. The lowest BCUT2D eigenvalue weighted by Gasteiger charge is -2.25. The third-order valence-corrected chi connectivity index (χ3v) is 2.15. The molecule has 5 nitrogen and oxygen atoms in total. The van der Waals surface area contributed by atoms with Crippen molar-refractivity contribution in [3.05, 3.63) is 0 Å². The highest BCUT2D eigenvalue weighted by Gasteiger charge is 2.17. The summed E-state index contributed by atoms with van der Waals surface area (Å²) >= 11 is 0. The lowest BCUT2D eigenvalue weighted by molar-refractivity contribution is -0.137. The van der Waals surface area contributed by atoms with Crippen molar-refractivity contribution < 1.29 is 14.7 Å². The second kappa shape index (κ2) is 7.09. The van der Waals surface area contributed by atoms with Crippen LogP contribution in [0.25, 0.3) is 0 Å². The van der Waals surface area contributed by atoms with Crippen molar-refractivity contribution in [2.24, 2.45) is 0 Å². The van der Waals surface area contributed by atoms with Crippen LogP contribution in [0.5, 0.6) is 0 Å². The zero-order valence-corrected chi connectivity index (χ0v) is 9.69. The van der Waals surface area contributed by atoms with E-state index in [1.807, 2.05) is 6.92 Å². The van der Waals surface area contributed by atoms with Crippen molar-refractivity contribution in [3.63, 3.8) is 0 Å². The summed E-state index contributed by atoms with van der Waals surface area (Å²) in [6, 6.07) is -0.214. The Bertz CT molecular complexity index is 219. The first-order valence-corrected chi connectivity index (χ1v) is 5.24. The molecule has 0 heterocycles. The van der Waals surface area contributed by atoms with Crippen LogP contribution >= 0.6 is 0 Å². The summed E-state index contributed by atoms with van der Waals surface area (Å²) in [5.41, 5.74) is 0. The molecule has 0 aromatic heterocycles. The third kappa shape index (κ3) is 5.24. The van der Waals surface area contributed by atoms with Gasteiger partial charge >= 0.3 is 12.0 Å². The summed E-state index contributed by atoms with van der Waals surface area (Å²) in [6.07, 6.45) is 1.95. The van der Waals surface area contributed by atoms with Crippen LogP contribution in [0.2, 0.25) is 0 Å². The summed E-state index contributed by atoms with van der Waals surface area (Å²) in [4.78, 5) is 25.1. The Morgan fingerprint density at radius 3 is 2.27 bits per heavy atom. The Balaban J connectivity index is 4.17. The fourth-order valence-corrected chi connectivity index (χ4v) is 1.21. The van der Waals surface area contributed by atoms with Gasteiger partial charge in [0.05, 0.1) is 0 Å². The number of carboxylic acids is 1. The highest BCUT2D eigenvalue weighted by atomic mass is 16.4. The van der Waals surface area contributed by atoms with Gasteiger partial charge in [-0.05, 0) is 13.3 Å². The number of carbonyl (C=O) groups excluding carboxylic acids is 1. The van der Waals surface area contributed by atoms with E-state index in [4.69, 9.17) is 5.11 Å². The van der Waals surface area contributed by atoms with Crippen LogP contribution < -0.4 is 0 Å². The standard InChI is InChI=1S/C10H20N2O3/c1-4-6-7-11(3)10(15)12(5-2)8-9(13)14/h4-8H2,1-3H3,(H,13,14). The zero-order valence-electron chi connectivity index (χ0n) is 9.69. The second-order valence-corrected chi connectivity index (χ2v) is 3.47. The molecule has 0 atom stereocenters. The fourth-order valence-electron chi connectivity index (χ4n) is 1.21. The molecule has 0 aromatic carbocycles. The molecule has 5 heteroatoms. The van der Waals surface area contributed by atoms with Gasteiger partial charge in [0.15, 0.2) is 0 Å². The predicted molar refractivity (Wildman–Crippen MR) is 57.8 cm³/mol. The predicted octanol–water partition coefficient (Wildman–Crippen LogP) is 1.24. The van der Waals surface area contributed by atoms with Gasteiger partial charge in [0.1, 0.15) is 6.54 Å². The van der Waals surface area contributed by atoms with Crippen LogP contribution in [0.1, 0.15) is 26.7 Å². The molecule has 0 fully saturated rings. The van der Waals surface area contributed by atoms with Crippen LogP contribution in [0.4, 0.5) is 4.79 Å². The SMILES string of the molecule is CCCCN(C)C(=O)N(CC)CC(=O)O. The molecular weight excluding hydrogens is 196 g/mol. The van der Waals surface area contributed by atoms with E-state index in [1.54, 1.807) is 18.9 Å². The molecule has 0 rings (SSSR count). The molecule has 0 radical (unpaired) electrons. The molecule has 1 N–H and O–H groups in total. The number of likely N-dealkylation sites (N-methyl/N-ethyl adjacent to an activating group) is 1. The van der Waals surface area contributed by atoms with E-state index in [1.165, 1.54) is 4.90 Å². The van der Waals surface area contributed by atoms with Gasteiger partial charge in [0.2, 0.25) is 0 Å². The van der Waals surface area contributed by atoms with Crippen LogP contribution in [-0.4, -0.2) is 53.6 Å². The number of carboxylic acid groups (broad SMARTS) is 1.